The van der Waals surface area contributed by atoms with Crippen molar-refractivity contribution in [3.05, 3.63) is 29.8 Å². The molecule has 0 atom stereocenters. The van der Waals surface area contributed by atoms with Crippen LogP contribution in [-0.4, -0.2) is 18.7 Å². The summed E-state index contributed by atoms with van der Waals surface area (Å²) in [6.45, 7) is 7.63. The second-order valence-corrected chi connectivity index (χ2v) is 5.19. The highest BCUT2D eigenvalue weighted by Crippen LogP contribution is 2.26. The lowest BCUT2D eigenvalue weighted by Crippen LogP contribution is -2.46. The molecule has 0 spiro atoms. The minimum absolute atomic E-state index is 0.406. The largest absolute Gasteiger partial charge is 0.490 e. The lowest BCUT2D eigenvalue weighted by molar-refractivity contribution is 0.0859. The predicted molar refractivity (Wildman–Crippen MR) is 71.6 cm³/mol. The van der Waals surface area contributed by atoms with Crippen LogP contribution in [0.25, 0.3) is 0 Å². The maximum atomic E-state index is 5.92. The highest BCUT2D eigenvalue weighted by Gasteiger charge is 2.29. The van der Waals surface area contributed by atoms with Crippen molar-refractivity contribution in [3.8, 4) is 5.75 Å². The molecule has 0 radical (unpaired) electrons. The van der Waals surface area contributed by atoms with E-state index in [9.17, 15) is 0 Å². The van der Waals surface area contributed by atoms with Gasteiger partial charge in [0.1, 0.15) is 11.9 Å². The minimum atomic E-state index is 0.406. The Morgan fingerprint density at radius 2 is 1.88 bits per heavy atom. The number of hydrogen-bond acceptors (Lipinski definition) is 2. The second kappa shape index (κ2) is 5.54. The van der Waals surface area contributed by atoms with Gasteiger partial charge < -0.3 is 10.1 Å². The van der Waals surface area contributed by atoms with Gasteiger partial charge in [-0.25, -0.2) is 0 Å². The Balaban J connectivity index is 1.80. The van der Waals surface area contributed by atoms with Gasteiger partial charge in [0.25, 0.3) is 0 Å². The summed E-state index contributed by atoms with van der Waals surface area (Å²) in [5.41, 5.74) is 1.37. The van der Waals surface area contributed by atoms with E-state index in [0.29, 0.717) is 18.1 Å². The van der Waals surface area contributed by atoms with E-state index in [2.05, 4.69) is 50.4 Å². The van der Waals surface area contributed by atoms with Crippen molar-refractivity contribution in [2.75, 3.05) is 6.54 Å². The summed E-state index contributed by atoms with van der Waals surface area (Å²) >= 11 is 0. The van der Waals surface area contributed by atoms with Crippen molar-refractivity contribution in [2.24, 2.45) is 0 Å². The highest BCUT2D eigenvalue weighted by molar-refractivity contribution is 5.29. The van der Waals surface area contributed by atoms with Crippen molar-refractivity contribution in [1.29, 1.82) is 0 Å². The van der Waals surface area contributed by atoms with E-state index < -0.39 is 0 Å². The number of rotatable bonds is 5. The molecule has 1 saturated carbocycles. The van der Waals surface area contributed by atoms with Gasteiger partial charge in [0, 0.05) is 6.04 Å². The molecule has 0 amide bonds. The van der Waals surface area contributed by atoms with Crippen molar-refractivity contribution in [3.63, 3.8) is 0 Å². The Bertz CT molecular complexity index is 338. The smallest absolute Gasteiger partial charge is 0.119 e. The van der Waals surface area contributed by atoms with Gasteiger partial charge in [-0.2, -0.15) is 0 Å². The maximum Gasteiger partial charge on any atom is 0.119 e. The standard InChI is InChI=1S/C15H23NO/c1-4-16-13-9-15(10-13)17-14-7-5-12(6-8-14)11(2)3/h5-8,11,13,15-16H,4,9-10H2,1-3H3. The normalized spacial score (nSPS) is 23.5. The van der Waals surface area contributed by atoms with Gasteiger partial charge >= 0.3 is 0 Å². The van der Waals surface area contributed by atoms with Gasteiger partial charge in [0.15, 0.2) is 0 Å². The molecular formula is C15H23NO. The van der Waals surface area contributed by atoms with Crippen molar-refractivity contribution < 1.29 is 4.74 Å². The van der Waals surface area contributed by atoms with Gasteiger partial charge in [-0.1, -0.05) is 32.9 Å². The molecule has 1 N–H and O–H groups in total. The molecule has 2 nitrogen and oxygen atoms in total. The van der Waals surface area contributed by atoms with E-state index in [1.807, 2.05) is 0 Å². The summed E-state index contributed by atoms with van der Waals surface area (Å²) in [5, 5.41) is 3.44. The zero-order valence-corrected chi connectivity index (χ0v) is 11.1. The number of ether oxygens (including phenoxy) is 1. The van der Waals surface area contributed by atoms with E-state index in [1.54, 1.807) is 0 Å². The van der Waals surface area contributed by atoms with Gasteiger partial charge in [-0.15, -0.1) is 0 Å². The van der Waals surface area contributed by atoms with Crippen LogP contribution < -0.4 is 10.1 Å². The summed E-state index contributed by atoms with van der Waals surface area (Å²) in [4.78, 5) is 0. The Morgan fingerprint density at radius 3 is 2.41 bits per heavy atom. The van der Waals surface area contributed by atoms with Crippen LogP contribution in [0.1, 0.15) is 45.1 Å². The summed E-state index contributed by atoms with van der Waals surface area (Å²) in [6.07, 6.45) is 2.68. The van der Waals surface area contributed by atoms with E-state index in [4.69, 9.17) is 4.74 Å². The van der Waals surface area contributed by atoms with Crippen LogP contribution in [0.4, 0.5) is 0 Å². The molecule has 0 unspecified atom stereocenters. The molecule has 0 aromatic heterocycles. The van der Waals surface area contributed by atoms with Gasteiger partial charge in [0.2, 0.25) is 0 Å². The Kier molecular flexibility index (Phi) is 4.06. The van der Waals surface area contributed by atoms with E-state index in [1.165, 1.54) is 5.56 Å². The Hall–Kier alpha value is -1.02. The second-order valence-electron chi connectivity index (χ2n) is 5.19. The van der Waals surface area contributed by atoms with Crippen LogP contribution in [0, 0.1) is 0 Å². The molecule has 2 heteroatoms. The molecule has 1 aromatic rings. The summed E-state index contributed by atoms with van der Waals surface area (Å²) in [6, 6.07) is 9.19. The maximum absolute atomic E-state index is 5.92. The van der Waals surface area contributed by atoms with E-state index in [0.717, 1.165) is 25.1 Å². The molecule has 94 valence electrons. The van der Waals surface area contributed by atoms with Gasteiger partial charge in [-0.05, 0) is 43.0 Å². The topological polar surface area (TPSA) is 21.3 Å². The van der Waals surface area contributed by atoms with Crippen LogP contribution in [-0.2, 0) is 0 Å². The molecule has 1 aliphatic rings. The SMILES string of the molecule is CCNC1CC(Oc2ccc(C(C)C)cc2)C1. The van der Waals surface area contributed by atoms with Crippen LogP contribution in [0.5, 0.6) is 5.75 Å². The van der Waals surface area contributed by atoms with Gasteiger partial charge in [-0.3, -0.25) is 0 Å². The molecule has 1 aliphatic carbocycles. The average molecular weight is 233 g/mol. The number of benzene rings is 1. The van der Waals surface area contributed by atoms with E-state index in [-0.39, 0.29) is 0 Å². The minimum Gasteiger partial charge on any atom is -0.490 e. The fourth-order valence-electron chi connectivity index (χ4n) is 2.24. The summed E-state index contributed by atoms with van der Waals surface area (Å²) < 4.78 is 5.92. The van der Waals surface area contributed by atoms with Crippen LogP contribution >= 0.6 is 0 Å². The zero-order chi connectivity index (χ0) is 12.3. The van der Waals surface area contributed by atoms with Gasteiger partial charge in [0.05, 0.1) is 0 Å². The lowest BCUT2D eigenvalue weighted by atomic mass is 9.89. The molecule has 1 fully saturated rings. The third-order valence-electron chi connectivity index (χ3n) is 3.44. The first kappa shape index (κ1) is 12.4. The first-order chi connectivity index (χ1) is 8.19. The fraction of sp³-hybridized carbons (Fsp3) is 0.600. The van der Waals surface area contributed by atoms with Crippen molar-refractivity contribution in [1.82, 2.24) is 5.32 Å². The Labute approximate surface area is 104 Å². The van der Waals surface area contributed by atoms with Crippen molar-refractivity contribution >= 4 is 0 Å². The molecule has 0 bridgehead atoms. The molecule has 17 heavy (non-hydrogen) atoms. The average Bonchev–Trinajstić information content (AvgIpc) is 2.27. The van der Waals surface area contributed by atoms with E-state index >= 15 is 0 Å². The molecular weight excluding hydrogens is 210 g/mol. The highest BCUT2D eigenvalue weighted by atomic mass is 16.5. The molecule has 0 aliphatic heterocycles. The number of nitrogens with one attached hydrogen (secondary N) is 1. The third-order valence-corrected chi connectivity index (χ3v) is 3.44. The third kappa shape index (κ3) is 3.22. The first-order valence-corrected chi connectivity index (χ1v) is 6.69. The van der Waals surface area contributed by atoms with Crippen LogP contribution in [0.3, 0.4) is 0 Å². The summed E-state index contributed by atoms with van der Waals surface area (Å²) in [7, 11) is 0. The predicted octanol–water partition coefficient (Wildman–Crippen LogP) is 3.33. The Morgan fingerprint density at radius 1 is 1.24 bits per heavy atom. The fourth-order valence-corrected chi connectivity index (χ4v) is 2.24. The van der Waals surface area contributed by atoms with Crippen LogP contribution in [0.2, 0.25) is 0 Å². The number of hydrogen-bond donors (Lipinski definition) is 1. The summed E-state index contributed by atoms with van der Waals surface area (Å²) in [5.74, 6) is 1.60. The van der Waals surface area contributed by atoms with Crippen LogP contribution in [0.15, 0.2) is 24.3 Å². The molecule has 0 saturated heterocycles. The lowest BCUT2D eigenvalue weighted by Gasteiger charge is -2.35. The molecule has 0 heterocycles. The monoisotopic (exact) mass is 233 g/mol. The quantitative estimate of drug-likeness (QED) is 0.842. The van der Waals surface area contributed by atoms with Crippen molar-refractivity contribution in [2.45, 2.75) is 51.7 Å². The molecule has 2 rings (SSSR count). The molecule has 1 aromatic carbocycles. The first-order valence-electron chi connectivity index (χ1n) is 6.69. The zero-order valence-electron chi connectivity index (χ0n) is 11.1.